The van der Waals surface area contributed by atoms with Crippen LogP contribution in [-0.4, -0.2) is 75.7 Å². The number of thioether (sulfide) groups is 1. The van der Waals surface area contributed by atoms with Crippen LogP contribution in [0.15, 0.2) is 40.2 Å². The van der Waals surface area contributed by atoms with Gasteiger partial charge in [-0.1, -0.05) is 18.2 Å². The van der Waals surface area contributed by atoms with E-state index in [2.05, 4.69) is 27.8 Å². The Bertz CT molecular complexity index is 727. The first kappa shape index (κ1) is 24.0. The molecule has 1 amide bonds. The second kappa shape index (κ2) is 11.7. The lowest BCUT2D eigenvalue weighted by Gasteiger charge is -2.17. The van der Waals surface area contributed by atoms with E-state index in [1.807, 2.05) is 18.2 Å². The van der Waals surface area contributed by atoms with Crippen molar-refractivity contribution in [2.45, 2.75) is 17.4 Å². The molecule has 1 heterocycles. The number of aliphatic imine (C=N–C) groups is 1. The van der Waals surface area contributed by atoms with Gasteiger partial charge in [0.05, 0.1) is 11.5 Å². The first-order valence-electron chi connectivity index (χ1n) is 8.49. The maximum atomic E-state index is 11.8. The standard InChI is InChI=1S/C17H26N4O3S2.HI/c1-21(2)16(22)12-19-17(20-14-8-11-26(23,24)13-14)18-9-10-25-15-6-4-3-5-7-15;/h3-7,14H,8-13H2,1-2H3,(H2,18,19,20);1H. The number of halogens is 1. The number of nitrogens with one attached hydrogen (secondary N) is 2. The Labute approximate surface area is 182 Å². The van der Waals surface area contributed by atoms with E-state index in [9.17, 15) is 13.2 Å². The fraction of sp³-hybridized carbons (Fsp3) is 0.529. The molecule has 0 bridgehead atoms. The molecule has 7 nitrogen and oxygen atoms in total. The molecule has 1 aromatic rings. The van der Waals surface area contributed by atoms with E-state index in [4.69, 9.17) is 0 Å². The Morgan fingerprint density at radius 2 is 2.00 bits per heavy atom. The molecule has 27 heavy (non-hydrogen) atoms. The van der Waals surface area contributed by atoms with Crippen molar-refractivity contribution in [2.24, 2.45) is 4.99 Å². The van der Waals surface area contributed by atoms with Gasteiger partial charge in [-0.05, 0) is 18.6 Å². The second-order valence-electron chi connectivity index (χ2n) is 6.29. The highest BCUT2D eigenvalue weighted by Crippen LogP contribution is 2.15. The third-order valence-electron chi connectivity index (χ3n) is 3.85. The lowest BCUT2D eigenvalue weighted by molar-refractivity contribution is -0.127. The van der Waals surface area contributed by atoms with Crippen molar-refractivity contribution in [3.63, 3.8) is 0 Å². The first-order chi connectivity index (χ1) is 12.4. The highest BCUT2D eigenvalue weighted by molar-refractivity contribution is 14.0. The summed E-state index contributed by atoms with van der Waals surface area (Å²) in [7, 11) is 0.386. The van der Waals surface area contributed by atoms with Crippen LogP contribution in [0.25, 0.3) is 0 Å². The van der Waals surface area contributed by atoms with Crippen LogP contribution in [0.3, 0.4) is 0 Å². The molecule has 1 unspecified atom stereocenters. The minimum absolute atomic E-state index is 0. The molecule has 1 fully saturated rings. The van der Waals surface area contributed by atoms with E-state index in [1.54, 1.807) is 25.9 Å². The molecular formula is C17H27IN4O3S2. The molecule has 2 N–H and O–H groups in total. The summed E-state index contributed by atoms with van der Waals surface area (Å²) >= 11 is 1.72. The number of amides is 1. The maximum absolute atomic E-state index is 11.8. The summed E-state index contributed by atoms with van der Waals surface area (Å²) in [4.78, 5) is 18.7. The summed E-state index contributed by atoms with van der Waals surface area (Å²) in [5.74, 6) is 1.50. The number of guanidine groups is 1. The summed E-state index contributed by atoms with van der Waals surface area (Å²) in [5, 5.41) is 6.34. The Hall–Kier alpha value is -1.01. The van der Waals surface area contributed by atoms with Crippen LogP contribution in [0.2, 0.25) is 0 Å². The molecule has 10 heteroatoms. The van der Waals surface area contributed by atoms with E-state index in [0.29, 0.717) is 18.9 Å². The summed E-state index contributed by atoms with van der Waals surface area (Å²) in [6.07, 6.45) is 0.559. The maximum Gasteiger partial charge on any atom is 0.243 e. The van der Waals surface area contributed by atoms with Crippen LogP contribution >= 0.6 is 35.7 Å². The molecule has 152 valence electrons. The third-order valence-corrected chi connectivity index (χ3v) is 6.63. The van der Waals surface area contributed by atoms with Crippen LogP contribution in [0, 0.1) is 0 Å². The second-order valence-corrected chi connectivity index (χ2v) is 9.68. The lowest BCUT2D eigenvalue weighted by atomic mass is 10.3. The fourth-order valence-corrected chi connectivity index (χ4v) is 4.86. The zero-order chi connectivity index (χ0) is 19.0. The molecule has 0 saturated carbocycles. The molecule has 1 aliphatic heterocycles. The lowest BCUT2D eigenvalue weighted by Crippen LogP contribution is -2.45. The van der Waals surface area contributed by atoms with Crippen molar-refractivity contribution >= 4 is 57.4 Å². The van der Waals surface area contributed by atoms with Gasteiger partial charge >= 0.3 is 0 Å². The van der Waals surface area contributed by atoms with Gasteiger partial charge in [0.1, 0.15) is 6.54 Å². The van der Waals surface area contributed by atoms with Crippen molar-refractivity contribution in [3.8, 4) is 0 Å². The topological polar surface area (TPSA) is 90.9 Å². The molecule has 1 aromatic carbocycles. The zero-order valence-electron chi connectivity index (χ0n) is 15.6. The van der Waals surface area contributed by atoms with Gasteiger partial charge in [0.2, 0.25) is 5.91 Å². The number of benzene rings is 1. The van der Waals surface area contributed by atoms with E-state index in [0.717, 1.165) is 5.75 Å². The number of sulfone groups is 1. The first-order valence-corrected chi connectivity index (χ1v) is 11.3. The zero-order valence-corrected chi connectivity index (χ0v) is 19.5. The SMILES string of the molecule is CN(C)C(=O)CN=C(NCCSc1ccccc1)NC1CCS(=O)(=O)C1.I. The van der Waals surface area contributed by atoms with Crippen molar-refractivity contribution < 1.29 is 13.2 Å². The van der Waals surface area contributed by atoms with Crippen LogP contribution in [0.4, 0.5) is 0 Å². The number of carbonyl (C=O) groups excluding carboxylic acids is 1. The Balaban J connectivity index is 0.00000364. The fourth-order valence-electron chi connectivity index (χ4n) is 2.40. The summed E-state index contributed by atoms with van der Waals surface area (Å²) in [6.45, 7) is 0.675. The molecular weight excluding hydrogens is 499 g/mol. The number of nitrogens with zero attached hydrogens (tertiary/aromatic N) is 2. The average molecular weight is 526 g/mol. The molecule has 1 aliphatic rings. The Morgan fingerprint density at radius 1 is 1.30 bits per heavy atom. The highest BCUT2D eigenvalue weighted by Gasteiger charge is 2.28. The smallest absolute Gasteiger partial charge is 0.243 e. The van der Waals surface area contributed by atoms with E-state index >= 15 is 0 Å². The van der Waals surface area contributed by atoms with Crippen molar-refractivity contribution in [2.75, 3.05) is 44.4 Å². The number of hydrogen-bond acceptors (Lipinski definition) is 5. The molecule has 0 spiro atoms. The highest BCUT2D eigenvalue weighted by atomic mass is 127. The summed E-state index contributed by atoms with van der Waals surface area (Å²) < 4.78 is 23.3. The monoisotopic (exact) mass is 526 g/mol. The minimum Gasteiger partial charge on any atom is -0.356 e. The molecule has 1 saturated heterocycles. The number of likely N-dealkylation sites (N-methyl/N-ethyl adjacent to an activating group) is 1. The van der Waals surface area contributed by atoms with Gasteiger partial charge in [-0.15, -0.1) is 35.7 Å². The van der Waals surface area contributed by atoms with Gasteiger partial charge in [0, 0.05) is 37.3 Å². The van der Waals surface area contributed by atoms with Gasteiger partial charge in [-0.2, -0.15) is 0 Å². The van der Waals surface area contributed by atoms with E-state index in [-0.39, 0.29) is 54.0 Å². The summed E-state index contributed by atoms with van der Waals surface area (Å²) in [6, 6.07) is 9.92. The number of carbonyl (C=O) groups is 1. The molecule has 1 atom stereocenters. The molecule has 0 aromatic heterocycles. The Kier molecular flexibility index (Phi) is 10.5. The van der Waals surface area contributed by atoms with Crippen molar-refractivity contribution in [1.82, 2.24) is 15.5 Å². The molecule has 2 rings (SSSR count). The quantitative estimate of drug-likeness (QED) is 0.183. The predicted molar refractivity (Wildman–Crippen MR) is 122 cm³/mol. The number of hydrogen-bond donors (Lipinski definition) is 2. The largest absolute Gasteiger partial charge is 0.356 e. The van der Waals surface area contributed by atoms with Crippen molar-refractivity contribution in [3.05, 3.63) is 30.3 Å². The minimum atomic E-state index is -2.97. The van der Waals surface area contributed by atoms with Gasteiger partial charge < -0.3 is 15.5 Å². The van der Waals surface area contributed by atoms with Crippen LogP contribution in [0.5, 0.6) is 0 Å². The van der Waals surface area contributed by atoms with Crippen LogP contribution < -0.4 is 10.6 Å². The van der Waals surface area contributed by atoms with Crippen LogP contribution in [0.1, 0.15) is 6.42 Å². The van der Waals surface area contributed by atoms with E-state index < -0.39 is 9.84 Å². The van der Waals surface area contributed by atoms with E-state index in [1.165, 1.54) is 9.80 Å². The summed E-state index contributed by atoms with van der Waals surface area (Å²) in [5.41, 5.74) is 0. The molecule has 0 radical (unpaired) electrons. The Morgan fingerprint density at radius 3 is 2.59 bits per heavy atom. The van der Waals surface area contributed by atoms with Gasteiger partial charge in [0.15, 0.2) is 15.8 Å². The third kappa shape index (κ3) is 9.15. The van der Waals surface area contributed by atoms with Crippen molar-refractivity contribution in [1.29, 1.82) is 0 Å². The predicted octanol–water partition coefficient (Wildman–Crippen LogP) is 1.21. The molecule has 0 aliphatic carbocycles. The number of rotatable bonds is 7. The average Bonchev–Trinajstić information content (AvgIpc) is 2.95. The van der Waals surface area contributed by atoms with Crippen LogP contribution in [-0.2, 0) is 14.6 Å². The van der Waals surface area contributed by atoms with Gasteiger partial charge in [0.25, 0.3) is 0 Å². The van der Waals surface area contributed by atoms with Gasteiger partial charge in [-0.3, -0.25) is 4.79 Å². The normalized spacial score (nSPS) is 18.4. The van der Waals surface area contributed by atoms with Gasteiger partial charge in [-0.25, -0.2) is 13.4 Å².